The average molecular weight is 254 g/mol. The highest BCUT2D eigenvalue weighted by atomic mass is 16.3. The highest BCUT2D eigenvalue weighted by molar-refractivity contribution is 5.68. The number of nitrogens with zero attached hydrogens (tertiary/aromatic N) is 1. The third-order valence-electron chi connectivity index (χ3n) is 3.06. The second kappa shape index (κ2) is 5.57. The van der Waals surface area contributed by atoms with E-state index in [0.29, 0.717) is 5.75 Å². The van der Waals surface area contributed by atoms with E-state index in [9.17, 15) is 5.11 Å². The Bertz CT molecular complexity index is 580. The smallest absolute Gasteiger partial charge is 0.121 e. The Morgan fingerprint density at radius 2 is 1.95 bits per heavy atom. The van der Waals surface area contributed by atoms with Crippen molar-refractivity contribution in [2.75, 3.05) is 5.32 Å². The van der Waals surface area contributed by atoms with Gasteiger partial charge in [0.15, 0.2) is 0 Å². The fourth-order valence-corrected chi connectivity index (χ4v) is 1.91. The van der Waals surface area contributed by atoms with Crippen LogP contribution in [0.5, 0.6) is 5.75 Å². The Hall–Kier alpha value is -2.29. The molecule has 2 rings (SSSR count). The first-order chi connectivity index (χ1) is 9.08. The number of aryl methyl sites for hydroxylation is 2. The number of phenols is 1. The minimum absolute atomic E-state index is 0.372. The topological polar surface area (TPSA) is 45.2 Å². The molecule has 2 N–H and O–H groups in total. The third kappa shape index (κ3) is 3.13. The predicted octanol–water partition coefficient (Wildman–Crippen LogP) is 3.88. The van der Waals surface area contributed by atoms with Crippen molar-refractivity contribution in [2.24, 2.45) is 0 Å². The number of hydrogen-bond acceptors (Lipinski definition) is 3. The molecule has 19 heavy (non-hydrogen) atoms. The zero-order valence-electron chi connectivity index (χ0n) is 11.4. The monoisotopic (exact) mass is 254 g/mol. The SMILES string of the molecule is C/C(=C\Nc1cccnc1)c1cc(C)c(O)c(C)c1. The third-order valence-corrected chi connectivity index (χ3v) is 3.06. The van der Waals surface area contributed by atoms with E-state index in [-0.39, 0.29) is 0 Å². The molecule has 0 saturated carbocycles. The largest absolute Gasteiger partial charge is 0.507 e. The van der Waals surface area contributed by atoms with E-state index < -0.39 is 0 Å². The van der Waals surface area contributed by atoms with Gasteiger partial charge in [0.1, 0.15) is 5.75 Å². The van der Waals surface area contributed by atoms with Crippen LogP contribution in [0.1, 0.15) is 23.6 Å². The molecular weight excluding hydrogens is 236 g/mol. The van der Waals surface area contributed by atoms with Crippen molar-refractivity contribution < 1.29 is 5.11 Å². The molecule has 0 bridgehead atoms. The lowest BCUT2D eigenvalue weighted by molar-refractivity contribution is 0.467. The van der Waals surface area contributed by atoms with Crippen molar-refractivity contribution in [1.82, 2.24) is 4.98 Å². The fraction of sp³-hybridized carbons (Fsp3) is 0.188. The second-order valence-corrected chi connectivity index (χ2v) is 4.67. The van der Waals surface area contributed by atoms with Gasteiger partial charge in [0, 0.05) is 12.4 Å². The molecule has 1 aromatic carbocycles. The molecule has 0 atom stereocenters. The molecule has 1 heterocycles. The van der Waals surface area contributed by atoms with Crippen LogP contribution in [-0.2, 0) is 0 Å². The highest BCUT2D eigenvalue weighted by Gasteiger charge is 2.04. The second-order valence-electron chi connectivity index (χ2n) is 4.67. The fourth-order valence-electron chi connectivity index (χ4n) is 1.91. The molecule has 0 saturated heterocycles. The molecular formula is C16H18N2O. The maximum Gasteiger partial charge on any atom is 0.121 e. The normalized spacial score (nSPS) is 11.4. The molecule has 0 aliphatic heterocycles. The van der Waals surface area contributed by atoms with Crippen LogP contribution in [0, 0.1) is 13.8 Å². The van der Waals surface area contributed by atoms with Crippen molar-refractivity contribution in [3.63, 3.8) is 0 Å². The number of aromatic hydroxyl groups is 1. The summed E-state index contributed by atoms with van der Waals surface area (Å²) in [6.07, 6.45) is 5.47. The van der Waals surface area contributed by atoms with Gasteiger partial charge in [0.25, 0.3) is 0 Å². The minimum atomic E-state index is 0.372. The molecule has 2 aromatic rings. The van der Waals surface area contributed by atoms with Gasteiger partial charge in [-0.2, -0.15) is 0 Å². The molecule has 3 nitrogen and oxygen atoms in total. The number of anilines is 1. The first-order valence-electron chi connectivity index (χ1n) is 6.22. The van der Waals surface area contributed by atoms with Crippen molar-refractivity contribution in [3.05, 3.63) is 59.5 Å². The van der Waals surface area contributed by atoms with Gasteiger partial charge in [0.05, 0.1) is 11.9 Å². The molecule has 98 valence electrons. The van der Waals surface area contributed by atoms with Gasteiger partial charge in [-0.05, 0) is 67.3 Å². The molecule has 0 spiro atoms. The van der Waals surface area contributed by atoms with Crippen LogP contribution in [0.3, 0.4) is 0 Å². The minimum Gasteiger partial charge on any atom is -0.507 e. The number of nitrogens with one attached hydrogen (secondary N) is 1. The maximum absolute atomic E-state index is 9.78. The number of aromatic nitrogens is 1. The lowest BCUT2D eigenvalue weighted by atomic mass is 10.0. The number of hydrogen-bond donors (Lipinski definition) is 2. The lowest BCUT2D eigenvalue weighted by Gasteiger charge is -2.09. The van der Waals surface area contributed by atoms with E-state index in [0.717, 1.165) is 28.0 Å². The molecule has 3 heteroatoms. The van der Waals surface area contributed by atoms with Crippen molar-refractivity contribution in [3.8, 4) is 5.75 Å². The van der Waals surface area contributed by atoms with E-state index in [1.54, 1.807) is 12.4 Å². The van der Waals surface area contributed by atoms with Gasteiger partial charge in [-0.25, -0.2) is 0 Å². The van der Waals surface area contributed by atoms with E-state index in [1.165, 1.54) is 0 Å². The van der Waals surface area contributed by atoms with Gasteiger partial charge < -0.3 is 10.4 Å². The van der Waals surface area contributed by atoms with E-state index >= 15 is 0 Å². The van der Waals surface area contributed by atoms with E-state index in [2.05, 4.69) is 10.3 Å². The average Bonchev–Trinajstić information content (AvgIpc) is 2.42. The summed E-state index contributed by atoms with van der Waals surface area (Å²) in [6.45, 7) is 5.86. The van der Waals surface area contributed by atoms with Crippen LogP contribution < -0.4 is 5.32 Å². The Morgan fingerprint density at radius 1 is 1.26 bits per heavy atom. The summed E-state index contributed by atoms with van der Waals surface area (Å²) in [5.41, 5.74) is 4.95. The standard InChI is InChI=1S/C16H18N2O/c1-11-7-14(8-12(2)16(11)19)13(3)9-18-15-5-4-6-17-10-15/h4-10,18-19H,1-3H3/b13-9+. The summed E-state index contributed by atoms with van der Waals surface area (Å²) in [5, 5.41) is 13.0. The molecule has 0 aliphatic carbocycles. The van der Waals surface area contributed by atoms with Gasteiger partial charge in [-0.15, -0.1) is 0 Å². The maximum atomic E-state index is 9.78. The van der Waals surface area contributed by atoms with Crippen LogP contribution in [0.4, 0.5) is 5.69 Å². The lowest BCUT2D eigenvalue weighted by Crippen LogP contribution is -1.92. The Kier molecular flexibility index (Phi) is 3.85. The molecule has 0 radical (unpaired) electrons. The Balaban J connectivity index is 2.22. The number of benzene rings is 1. The summed E-state index contributed by atoms with van der Waals surface area (Å²) < 4.78 is 0. The summed E-state index contributed by atoms with van der Waals surface area (Å²) in [6, 6.07) is 7.82. The number of phenolic OH excluding ortho intramolecular Hbond substituents is 1. The number of rotatable bonds is 3. The van der Waals surface area contributed by atoms with Crippen LogP contribution in [-0.4, -0.2) is 10.1 Å². The molecule has 0 amide bonds. The summed E-state index contributed by atoms with van der Waals surface area (Å²) >= 11 is 0. The quantitative estimate of drug-likeness (QED) is 0.873. The summed E-state index contributed by atoms with van der Waals surface area (Å²) in [4.78, 5) is 4.05. The first kappa shape index (κ1) is 13.1. The van der Waals surface area contributed by atoms with Crippen LogP contribution in [0.2, 0.25) is 0 Å². The van der Waals surface area contributed by atoms with Gasteiger partial charge in [-0.3, -0.25) is 4.98 Å². The van der Waals surface area contributed by atoms with Crippen LogP contribution in [0.25, 0.3) is 5.57 Å². The number of pyridine rings is 1. The summed E-state index contributed by atoms with van der Waals surface area (Å²) in [5.74, 6) is 0.372. The highest BCUT2D eigenvalue weighted by Crippen LogP contribution is 2.26. The Morgan fingerprint density at radius 3 is 2.53 bits per heavy atom. The van der Waals surface area contributed by atoms with Crippen LogP contribution in [0.15, 0.2) is 42.9 Å². The zero-order valence-corrected chi connectivity index (χ0v) is 11.4. The molecule has 0 fully saturated rings. The van der Waals surface area contributed by atoms with Crippen molar-refractivity contribution in [1.29, 1.82) is 0 Å². The molecule has 0 unspecified atom stereocenters. The Labute approximate surface area is 113 Å². The molecule has 0 aliphatic rings. The summed E-state index contributed by atoms with van der Waals surface area (Å²) in [7, 11) is 0. The van der Waals surface area contributed by atoms with Gasteiger partial charge in [0.2, 0.25) is 0 Å². The van der Waals surface area contributed by atoms with Crippen LogP contribution >= 0.6 is 0 Å². The van der Waals surface area contributed by atoms with Crippen molar-refractivity contribution in [2.45, 2.75) is 20.8 Å². The van der Waals surface area contributed by atoms with Gasteiger partial charge in [-0.1, -0.05) is 0 Å². The predicted molar refractivity (Wildman–Crippen MR) is 79.1 cm³/mol. The zero-order chi connectivity index (χ0) is 13.8. The van der Waals surface area contributed by atoms with E-state index in [4.69, 9.17) is 0 Å². The first-order valence-corrected chi connectivity index (χ1v) is 6.22. The van der Waals surface area contributed by atoms with Gasteiger partial charge >= 0.3 is 0 Å². The van der Waals surface area contributed by atoms with E-state index in [1.807, 2.05) is 51.2 Å². The number of allylic oxidation sites excluding steroid dienone is 1. The molecule has 1 aromatic heterocycles. The van der Waals surface area contributed by atoms with Crippen molar-refractivity contribution >= 4 is 11.3 Å².